The first-order valence-electron chi connectivity index (χ1n) is 6.40. The number of rotatable bonds is 4. The highest BCUT2D eigenvalue weighted by Crippen LogP contribution is 2.25. The van der Waals surface area contributed by atoms with Crippen LogP contribution in [0.3, 0.4) is 0 Å². The van der Waals surface area contributed by atoms with E-state index in [1.807, 2.05) is 20.8 Å². The van der Waals surface area contributed by atoms with Crippen molar-refractivity contribution in [2.45, 2.75) is 39.7 Å². The van der Waals surface area contributed by atoms with Gasteiger partial charge in [0.2, 0.25) is 5.91 Å². The van der Waals surface area contributed by atoms with Crippen molar-refractivity contribution in [2.24, 2.45) is 0 Å². The number of hydrogen-bond acceptors (Lipinski definition) is 2. The highest BCUT2D eigenvalue weighted by Gasteiger charge is 2.17. The molecule has 1 aromatic carbocycles. The number of nitrogens with one attached hydrogen (secondary N) is 3. The molecule has 3 amide bonds. The van der Waals surface area contributed by atoms with Crippen LogP contribution in [-0.4, -0.2) is 17.5 Å². The molecule has 0 atom stereocenters. The average Bonchev–Trinajstić information content (AvgIpc) is 2.32. The van der Waals surface area contributed by atoms with Gasteiger partial charge in [0, 0.05) is 18.2 Å². The molecule has 6 heteroatoms. The first-order valence-corrected chi connectivity index (χ1v) is 6.77. The summed E-state index contributed by atoms with van der Waals surface area (Å²) in [5.74, 6) is -0.222. The lowest BCUT2D eigenvalue weighted by molar-refractivity contribution is -0.114. The second-order valence-electron chi connectivity index (χ2n) is 5.19. The molecular weight excluding hydrogens is 278 g/mol. The molecule has 0 spiro atoms. The minimum absolute atomic E-state index is 0.222. The number of anilines is 2. The second kappa shape index (κ2) is 6.61. The third-order valence-electron chi connectivity index (χ3n) is 2.87. The van der Waals surface area contributed by atoms with Crippen molar-refractivity contribution in [3.05, 3.63) is 23.2 Å². The van der Waals surface area contributed by atoms with E-state index in [1.165, 1.54) is 6.92 Å². The zero-order valence-electron chi connectivity index (χ0n) is 12.1. The minimum atomic E-state index is -0.298. The number of hydrogen-bond donors (Lipinski definition) is 3. The molecule has 0 fully saturated rings. The summed E-state index contributed by atoms with van der Waals surface area (Å²) >= 11 is 5.96. The largest absolute Gasteiger partial charge is 0.333 e. The molecule has 0 aliphatic carbocycles. The van der Waals surface area contributed by atoms with Gasteiger partial charge in [0.25, 0.3) is 0 Å². The molecule has 0 aromatic heterocycles. The van der Waals surface area contributed by atoms with Crippen LogP contribution in [0, 0.1) is 0 Å². The fourth-order valence-corrected chi connectivity index (χ4v) is 1.61. The fraction of sp³-hybridized carbons (Fsp3) is 0.429. The van der Waals surface area contributed by atoms with Crippen LogP contribution in [-0.2, 0) is 4.79 Å². The van der Waals surface area contributed by atoms with E-state index in [0.29, 0.717) is 16.4 Å². The molecule has 5 nitrogen and oxygen atoms in total. The maximum absolute atomic E-state index is 11.9. The molecule has 0 bridgehead atoms. The zero-order valence-corrected chi connectivity index (χ0v) is 12.9. The summed E-state index contributed by atoms with van der Waals surface area (Å²) in [4.78, 5) is 22.9. The predicted octanol–water partition coefficient (Wildman–Crippen LogP) is 3.61. The molecule has 0 unspecified atom stereocenters. The van der Waals surface area contributed by atoms with Gasteiger partial charge in [-0.3, -0.25) is 4.79 Å². The first-order chi connectivity index (χ1) is 9.23. The number of amides is 3. The topological polar surface area (TPSA) is 70.2 Å². The molecule has 20 heavy (non-hydrogen) atoms. The van der Waals surface area contributed by atoms with E-state index in [2.05, 4.69) is 16.0 Å². The van der Waals surface area contributed by atoms with Crippen LogP contribution in [0.25, 0.3) is 0 Å². The van der Waals surface area contributed by atoms with Crippen molar-refractivity contribution in [2.75, 3.05) is 10.6 Å². The summed E-state index contributed by atoms with van der Waals surface area (Å²) in [7, 11) is 0. The molecule has 0 saturated heterocycles. The lowest BCUT2D eigenvalue weighted by Crippen LogP contribution is -2.45. The average molecular weight is 298 g/mol. The van der Waals surface area contributed by atoms with Gasteiger partial charge in [-0.2, -0.15) is 0 Å². The summed E-state index contributed by atoms with van der Waals surface area (Å²) in [5.41, 5.74) is 0.742. The molecule has 0 saturated carbocycles. The van der Waals surface area contributed by atoms with Gasteiger partial charge in [0.15, 0.2) is 0 Å². The zero-order chi connectivity index (χ0) is 15.3. The standard InChI is InChI=1S/C14H20ClN3O2/c1-5-14(3,4)18-13(20)17-10-6-7-11(15)12(8-10)16-9(2)19/h6-8H,5H2,1-4H3,(H,16,19)(H2,17,18,20). The van der Waals surface area contributed by atoms with Gasteiger partial charge in [-0.25, -0.2) is 4.79 Å². The van der Waals surface area contributed by atoms with Crippen LogP contribution in [0.1, 0.15) is 34.1 Å². The van der Waals surface area contributed by atoms with Gasteiger partial charge in [-0.1, -0.05) is 18.5 Å². The summed E-state index contributed by atoms with van der Waals surface area (Å²) in [6, 6.07) is 4.61. The highest BCUT2D eigenvalue weighted by atomic mass is 35.5. The minimum Gasteiger partial charge on any atom is -0.333 e. The molecule has 110 valence electrons. The lowest BCUT2D eigenvalue weighted by Gasteiger charge is -2.24. The van der Waals surface area contributed by atoms with Crippen molar-refractivity contribution in [1.82, 2.24) is 5.32 Å². The van der Waals surface area contributed by atoms with Gasteiger partial charge in [-0.15, -0.1) is 0 Å². The van der Waals surface area contributed by atoms with E-state index in [-0.39, 0.29) is 17.5 Å². The SMILES string of the molecule is CCC(C)(C)NC(=O)Nc1ccc(Cl)c(NC(C)=O)c1. The number of halogens is 1. The number of benzene rings is 1. The number of urea groups is 1. The van der Waals surface area contributed by atoms with Crippen molar-refractivity contribution >= 4 is 34.9 Å². The smallest absolute Gasteiger partial charge is 0.319 e. The van der Waals surface area contributed by atoms with Gasteiger partial charge >= 0.3 is 6.03 Å². The predicted molar refractivity (Wildman–Crippen MR) is 82.3 cm³/mol. The first kappa shape index (κ1) is 16.3. The Morgan fingerprint density at radius 2 is 1.90 bits per heavy atom. The Morgan fingerprint density at radius 3 is 2.45 bits per heavy atom. The van der Waals surface area contributed by atoms with Crippen LogP contribution in [0.2, 0.25) is 5.02 Å². The van der Waals surface area contributed by atoms with Crippen molar-refractivity contribution in [3.63, 3.8) is 0 Å². The molecule has 0 heterocycles. The highest BCUT2D eigenvalue weighted by molar-refractivity contribution is 6.33. The van der Waals surface area contributed by atoms with E-state index >= 15 is 0 Å². The normalized spacial score (nSPS) is 10.8. The van der Waals surface area contributed by atoms with Crippen molar-refractivity contribution in [1.29, 1.82) is 0 Å². The molecule has 0 aliphatic rings. The molecule has 0 radical (unpaired) electrons. The Morgan fingerprint density at radius 1 is 1.25 bits per heavy atom. The molecular formula is C14H20ClN3O2. The monoisotopic (exact) mass is 297 g/mol. The summed E-state index contributed by atoms with van der Waals surface area (Å²) in [6.07, 6.45) is 0.818. The summed E-state index contributed by atoms with van der Waals surface area (Å²) < 4.78 is 0. The molecule has 1 rings (SSSR count). The Hall–Kier alpha value is -1.75. The van der Waals surface area contributed by atoms with Crippen LogP contribution in [0.5, 0.6) is 0 Å². The van der Waals surface area contributed by atoms with Crippen LogP contribution in [0.4, 0.5) is 16.2 Å². The van der Waals surface area contributed by atoms with Crippen molar-refractivity contribution < 1.29 is 9.59 Å². The summed E-state index contributed by atoms with van der Waals surface area (Å²) in [5, 5.41) is 8.59. The van der Waals surface area contributed by atoms with Gasteiger partial charge < -0.3 is 16.0 Å². The molecule has 0 aliphatic heterocycles. The van der Waals surface area contributed by atoms with E-state index in [9.17, 15) is 9.59 Å². The Balaban J connectivity index is 2.78. The molecule has 1 aromatic rings. The van der Waals surface area contributed by atoms with E-state index in [0.717, 1.165) is 6.42 Å². The van der Waals surface area contributed by atoms with Gasteiger partial charge in [0.1, 0.15) is 0 Å². The van der Waals surface area contributed by atoms with Crippen molar-refractivity contribution in [3.8, 4) is 0 Å². The Kier molecular flexibility index (Phi) is 5.39. The van der Waals surface area contributed by atoms with E-state index in [4.69, 9.17) is 11.6 Å². The Bertz CT molecular complexity index is 515. The van der Waals surface area contributed by atoms with Gasteiger partial charge in [-0.05, 0) is 38.5 Å². The second-order valence-corrected chi connectivity index (χ2v) is 5.60. The van der Waals surface area contributed by atoms with Crippen LogP contribution >= 0.6 is 11.6 Å². The van der Waals surface area contributed by atoms with Gasteiger partial charge in [0.05, 0.1) is 10.7 Å². The van der Waals surface area contributed by atoms with E-state index in [1.54, 1.807) is 18.2 Å². The van der Waals surface area contributed by atoms with Crippen LogP contribution < -0.4 is 16.0 Å². The number of carbonyl (C=O) groups is 2. The third kappa shape index (κ3) is 5.09. The lowest BCUT2D eigenvalue weighted by atomic mass is 10.0. The fourth-order valence-electron chi connectivity index (χ4n) is 1.45. The Labute approximate surface area is 124 Å². The number of carbonyl (C=O) groups excluding carboxylic acids is 2. The van der Waals surface area contributed by atoms with E-state index < -0.39 is 0 Å². The maximum atomic E-state index is 11.9. The quantitative estimate of drug-likeness (QED) is 0.794. The molecule has 3 N–H and O–H groups in total. The maximum Gasteiger partial charge on any atom is 0.319 e. The van der Waals surface area contributed by atoms with Crippen LogP contribution in [0.15, 0.2) is 18.2 Å². The summed E-state index contributed by atoms with van der Waals surface area (Å²) in [6.45, 7) is 7.28. The third-order valence-corrected chi connectivity index (χ3v) is 3.20.